The summed E-state index contributed by atoms with van der Waals surface area (Å²) in [4.78, 5) is 46.4. The fourth-order valence-corrected chi connectivity index (χ4v) is 5.69. The number of unbranched alkanes of at least 4 members (excludes halogenated alkanes) is 1. The monoisotopic (exact) mass is 495 g/mol. The molecule has 3 N–H and O–H groups in total. The summed E-state index contributed by atoms with van der Waals surface area (Å²) in [6.45, 7) is 5.57. The molecular weight excluding hydrogens is 462 g/mol. The average molecular weight is 496 g/mol. The highest BCUT2D eigenvalue weighted by Gasteiger charge is 2.33. The maximum atomic E-state index is 13.8. The molecule has 4 rings (SSSR count). The summed E-state index contributed by atoms with van der Waals surface area (Å²) in [6, 6.07) is 12.3. The predicted octanol–water partition coefficient (Wildman–Crippen LogP) is 3.37. The third-order valence-electron chi connectivity index (χ3n) is 6.49. The van der Waals surface area contributed by atoms with E-state index >= 15 is 0 Å². The van der Waals surface area contributed by atoms with E-state index in [1.807, 2.05) is 32.0 Å². The third kappa shape index (κ3) is 5.11. The molecule has 35 heavy (non-hydrogen) atoms. The molecule has 1 aromatic carbocycles. The first-order valence-corrected chi connectivity index (χ1v) is 13.1. The molecule has 9 heteroatoms. The van der Waals surface area contributed by atoms with E-state index in [1.54, 1.807) is 11.3 Å². The Morgan fingerprint density at radius 2 is 1.94 bits per heavy atom. The first-order valence-electron chi connectivity index (χ1n) is 12.2. The number of anilines is 2. The predicted molar refractivity (Wildman–Crippen MR) is 141 cm³/mol. The number of nitrogens with zero attached hydrogens (tertiary/aromatic N) is 3. The second kappa shape index (κ2) is 11.0. The SMILES string of the molecule is CCCCN(C(=O)CN1CCc2sccc2C1c1ccccc1)c1c(N)n(CCC)c(=O)[nH]c1=O. The van der Waals surface area contributed by atoms with Gasteiger partial charge in [-0.1, -0.05) is 50.6 Å². The molecular formula is C26H33N5O3S. The summed E-state index contributed by atoms with van der Waals surface area (Å²) in [5, 5.41) is 2.11. The maximum absolute atomic E-state index is 13.8. The van der Waals surface area contributed by atoms with E-state index < -0.39 is 11.2 Å². The molecule has 186 valence electrons. The van der Waals surface area contributed by atoms with Crippen LogP contribution in [-0.4, -0.2) is 40.0 Å². The Morgan fingerprint density at radius 1 is 1.17 bits per heavy atom. The molecule has 0 saturated carbocycles. The van der Waals surface area contributed by atoms with Gasteiger partial charge in [-0.3, -0.25) is 24.0 Å². The van der Waals surface area contributed by atoms with E-state index in [2.05, 4.69) is 33.5 Å². The van der Waals surface area contributed by atoms with E-state index in [9.17, 15) is 14.4 Å². The third-order valence-corrected chi connectivity index (χ3v) is 7.48. The average Bonchev–Trinajstić information content (AvgIpc) is 3.33. The Morgan fingerprint density at radius 3 is 2.66 bits per heavy atom. The number of hydrogen-bond acceptors (Lipinski definition) is 6. The number of H-pyrrole nitrogens is 1. The molecule has 0 bridgehead atoms. The molecule has 1 amide bonds. The van der Waals surface area contributed by atoms with E-state index in [-0.39, 0.29) is 30.0 Å². The summed E-state index contributed by atoms with van der Waals surface area (Å²) in [5.41, 5.74) is 7.58. The lowest BCUT2D eigenvalue weighted by Gasteiger charge is -2.37. The van der Waals surface area contributed by atoms with Crippen molar-refractivity contribution in [3.05, 3.63) is 78.6 Å². The number of aromatic amines is 1. The van der Waals surface area contributed by atoms with Gasteiger partial charge >= 0.3 is 5.69 Å². The van der Waals surface area contributed by atoms with Crippen molar-refractivity contribution in [3.8, 4) is 0 Å². The van der Waals surface area contributed by atoms with E-state index in [0.29, 0.717) is 25.9 Å². The normalized spacial score (nSPS) is 15.7. The van der Waals surface area contributed by atoms with E-state index in [4.69, 9.17) is 5.73 Å². The van der Waals surface area contributed by atoms with E-state index in [0.717, 1.165) is 24.9 Å². The van der Waals surface area contributed by atoms with Crippen LogP contribution in [0.4, 0.5) is 11.5 Å². The number of nitrogen functional groups attached to an aromatic ring is 1. The Hall–Kier alpha value is -3.17. The van der Waals surface area contributed by atoms with E-state index in [1.165, 1.54) is 19.9 Å². The number of thiophene rings is 1. The van der Waals surface area contributed by atoms with Crippen molar-refractivity contribution < 1.29 is 4.79 Å². The van der Waals surface area contributed by atoms with Crippen LogP contribution in [0.25, 0.3) is 0 Å². The molecule has 1 aliphatic heterocycles. The van der Waals surface area contributed by atoms with Crippen molar-refractivity contribution in [2.75, 3.05) is 30.3 Å². The summed E-state index contributed by atoms with van der Waals surface area (Å²) < 4.78 is 1.34. The van der Waals surface area contributed by atoms with Crippen LogP contribution in [0.2, 0.25) is 0 Å². The minimum Gasteiger partial charge on any atom is -0.383 e. The van der Waals surface area contributed by atoms with Crippen LogP contribution >= 0.6 is 11.3 Å². The smallest absolute Gasteiger partial charge is 0.330 e. The highest BCUT2D eigenvalue weighted by atomic mass is 32.1. The topological polar surface area (TPSA) is 104 Å². The number of rotatable bonds is 9. The molecule has 3 heterocycles. The molecule has 2 aromatic heterocycles. The van der Waals surface area contributed by atoms with Crippen LogP contribution in [0.15, 0.2) is 51.4 Å². The van der Waals surface area contributed by atoms with Gasteiger partial charge in [0.2, 0.25) is 5.91 Å². The second-order valence-electron chi connectivity index (χ2n) is 8.88. The van der Waals surface area contributed by atoms with Gasteiger partial charge in [-0.2, -0.15) is 0 Å². The highest BCUT2D eigenvalue weighted by molar-refractivity contribution is 7.10. The van der Waals surface area contributed by atoms with Crippen LogP contribution in [0.3, 0.4) is 0 Å². The molecule has 1 unspecified atom stereocenters. The lowest BCUT2D eigenvalue weighted by molar-refractivity contribution is -0.120. The maximum Gasteiger partial charge on any atom is 0.330 e. The number of fused-ring (bicyclic) bond motifs is 1. The minimum atomic E-state index is -0.623. The number of carbonyl (C=O) groups excluding carboxylic acids is 1. The molecule has 0 aliphatic carbocycles. The summed E-state index contributed by atoms with van der Waals surface area (Å²) in [7, 11) is 0. The van der Waals surface area contributed by atoms with Gasteiger partial charge in [0.1, 0.15) is 5.82 Å². The van der Waals surface area contributed by atoms with Crippen molar-refractivity contribution in [3.63, 3.8) is 0 Å². The zero-order chi connectivity index (χ0) is 24.9. The van der Waals surface area contributed by atoms with Gasteiger partial charge in [-0.25, -0.2) is 4.79 Å². The largest absolute Gasteiger partial charge is 0.383 e. The fourth-order valence-electron chi connectivity index (χ4n) is 4.78. The van der Waals surface area contributed by atoms with Crippen molar-refractivity contribution in [1.82, 2.24) is 14.5 Å². The lowest BCUT2D eigenvalue weighted by atomic mass is 9.93. The van der Waals surface area contributed by atoms with Crippen molar-refractivity contribution in [2.45, 2.75) is 52.1 Å². The Kier molecular flexibility index (Phi) is 7.87. The van der Waals surface area contributed by atoms with Gasteiger partial charge in [0.15, 0.2) is 5.69 Å². The van der Waals surface area contributed by atoms with Crippen molar-refractivity contribution in [2.24, 2.45) is 0 Å². The Balaban J connectivity index is 1.70. The van der Waals surface area contributed by atoms with Crippen LogP contribution in [0, 0.1) is 0 Å². The Bertz CT molecular complexity index is 1280. The van der Waals surface area contributed by atoms with Gasteiger partial charge in [0.05, 0.1) is 12.6 Å². The first kappa shape index (κ1) is 24.9. The summed E-state index contributed by atoms with van der Waals surface area (Å²) in [6.07, 6.45) is 3.12. The highest BCUT2D eigenvalue weighted by Crippen LogP contribution is 2.37. The van der Waals surface area contributed by atoms with Crippen LogP contribution in [0.1, 0.15) is 55.2 Å². The molecule has 8 nitrogen and oxygen atoms in total. The van der Waals surface area contributed by atoms with Crippen molar-refractivity contribution in [1.29, 1.82) is 0 Å². The first-order chi connectivity index (χ1) is 17.0. The summed E-state index contributed by atoms with van der Waals surface area (Å²) >= 11 is 1.75. The van der Waals surface area contributed by atoms with Crippen molar-refractivity contribution >= 4 is 28.7 Å². The number of aromatic nitrogens is 2. The number of amides is 1. The quantitative estimate of drug-likeness (QED) is 0.474. The molecule has 0 saturated heterocycles. The van der Waals surface area contributed by atoms with Gasteiger partial charge in [0, 0.05) is 24.5 Å². The number of nitrogens with two attached hydrogens (primary N) is 1. The molecule has 0 radical (unpaired) electrons. The number of benzene rings is 1. The molecule has 1 aliphatic rings. The number of hydrogen-bond donors (Lipinski definition) is 2. The Labute approximate surface area is 209 Å². The van der Waals surface area contributed by atoms with Crippen LogP contribution < -0.4 is 21.9 Å². The lowest BCUT2D eigenvalue weighted by Crippen LogP contribution is -2.47. The fraction of sp³-hybridized carbons (Fsp3) is 0.423. The van der Waals surface area contributed by atoms with Gasteiger partial charge in [-0.15, -0.1) is 11.3 Å². The van der Waals surface area contributed by atoms with Gasteiger partial charge < -0.3 is 10.6 Å². The second-order valence-corrected chi connectivity index (χ2v) is 9.88. The number of carbonyl (C=O) groups is 1. The standard InChI is InChI=1S/C26H33N5O3S/c1-3-5-14-30(23-24(27)31(13-4-2)26(34)28-25(23)33)21(32)17-29-15-11-20-19(12-16-35-20)22(29)18-9-7-6-8-10-18/h6-10,12,16,22H,3-5,11,13-15,17,27H2,1-2H3,(H,28,33,34). The molecule has 0 fully saturated rings. The zero-order valence-electron chi connectivity index (χ0n) is 20.3. The zero-order valence-corrected chi connectivity index (χ0v) is 21.1. The molecule has 3 aromatic rings. The minimum absolute atomic E-state index is 0.0344. The van der Waals surface area contributed by atoms with Gasteiger partial charge in [-0.05, 0) is 41.8 Å². The van der Waals surface area contributed by atoms with Crippen LogP contribution in [-0.2, 0) is 17.8 Å². The molecule has 1 atom stereocenters. The summed E-state index contributed by atoms with van der Waals surface area (Å²) in [5.74, 6) is -0.152. The number of nitrogens with one attached hydrogen (secondary N) is 1. The molecule has 0 spiro atoms. The van der Waals surface area contributed by atoms with Gasteiger partial charge in [0.25, 0.3) is 5.56 Å². The van der Waals surface area contributed by atoms with Crippen LogP contribution in [0.5, 0.6) is 0 Å².